The van der Waals surface area contributed by atoms with Crippen molar-refractivity contribution in [3.8, 4) is 11.5 Å². The Labute approximate surface area is 145 Å². The molecule has 0 bridgehead atoms. The second-order valence-electron chi connectivity index (χ2n) is 5.74. The zero-order valence-electron chi connectivity index (χ0n) is 13.6. The maximum atomic E-state index is 12.8. The topological polar surface area (TPSA) is 106 Å². The number of hydrogen-bond acceptors (Lipinski definition) is 6. The Morgan fingerprint density at radius 3 is 2.84 bits per heavy atom. The number of nitrogens with one attached hydrogen (secondary N) is 1. The molecule has 1 unspecified atom stereocenters. The van der Waals surface area contributed by atoms with Crippen molar-refractivity contribution in [2.45, 2.75) is 30.4 Å². The van der Waals surface area contributed by atoms with Crippen LogP contribution in [0.25, 0.3) is 11.5 Å². The molecule has 1 aliphatic rings. The van der Waals surface area contributed by atoms with Gasteiger partial charge in [0.25, 0.3) is 10.0 Å². The van der Waals surface area contributed by atoms with Gasteiger partial charge >= 0.3 is 0 Å². The summed E-state index contributed by atoms with van der Waals surface area (Å²) in [6.45, 7) is 4.11. The van der Waals surface area contributed by atoms with Gasteiger partial charge in [0.05, 0.1) is 6.20 Å². The van der Waals surface area contributed by atoms with Crippen molar-refractivity contribution in [3.05, 3.63) is 37.1 Å². The van der Waals surface area contributed by atoms with Gasteiger partial charge in [-0.15, -0.1) is 0 Å². The highest BCUT2D eigenvalue weighted by atomic mass is 32.2. The van der Waals surface area contributed by atoms with Crippen LogP contribution in [-0.2, 0) is 14.8 Å². The summed E-state index contributed by atoms with van der Waals surface area (Å²) in [6.07, 6.45) is 4.57. The fourth-order valence-electron chi connectivity index (χ4n) is 2.78. The number of nitrogens with zero attached hydrogens (tertiary/aromatic N) is 2. The minimum absolute atomic E-state index is 0.0629. The Balaban J connectivity index is 1.72. The first-order chi connectivity index (χ1) is 12.0. The van der Waals surface area contributed by atoms with E-state index in [1.54, 1.807) is 12.1 Å². The summed E-state index contributed by atoms with van der Waals surface area (Å²) in [7, 11) is -3.74. The van der Waals surface area contributed by atoms with Crippen LogP contribution >= 0.6 is 0 Å². The van der Waals surface area contributed by atoms with Crippen LogP contribution in [0.1, 0.15) is 19.3 Å². The van der Waals surface area contributed by atoms with Crippen LogP contribution in [0.5, 0.6) is 0 Å². The number of sulfonamides is 1. The molecular weight excluding hydrogens is 346 g/mol. The second-order valence-corrected chi connectivity index (χ2v) is 7.61. The molecule has 134 valence electrons. The number of carbonyl (C=O) groups excluding carboxylic acids is 1. The lowest BCUT2D eigenvalue weighted by Gasteiger charge is -2.18. The number of hydrogen-bond donors (Lipinski definition) is 1. The van der Waals surface area contributed by atoms with E-state index in [0.717, 1.165) is 0 Å². The Hall–Kier alpha value is -2.39. The Kier molecular flexibility index (Phi) is 5.05. The van der Waals surface area contributed by atoms with Gasteiger partial charge in [-0.1, -0.05) is 11.7 Å². The predicted octanol–water partition coefficient (Wildman–Crippen LogP) is 1.78. The molecular formula is C16H19N3O5S. The van der Waals surface area contributed by atoms with Crippen molar-refractivity contribution in [1.82, 2.24) is 14.8 Å². The van der Waals surface area contributed by atoms with Gasteiger partial charge in [0.15, 0.2) is 5.76 Å². The van der Waals surface area contributed by atoms with E-state index in [0.29, 0.717) is 43.9 Å². The molecule has 25 heavy (non-hydrogen) atoms. The summed E-state index contributed by atoms with van der Waals surface area (Å²) in [5.41, 5.74) is 0. The Morgan fingerprint density at radius 2 is 2.12 bits per heavy atom. The third-order valence-corrected chi connectivity index (χ3v) is 5.85. The lowest BCUT2D eigenvalue weighted by atomic mass is 10.1. The van der Waals surface area contributed by atoms with E-state index in [2.05, 4.69) is 17.1 Å². The minimum Gasteiger partial charge on any atom is -0.440 e. The van der Waals surface area contributed by atoms with E-state index in [1.807, 2.05) is 0 Å². The Bertz CT molecular complexity index is 841. The zero-order chi connectivity index (χ0) is 17.9. The third kappa shape index (κ3) is 3.83. The molecule has 3 rings (SSSR count). The summed E-state index contributed by atoms with van der Waals surface area (Å²) in [5, 5.41) is 6.26. The van der Waals surface area contributed by atoms with Crippen LogP contribution in [-0.4, -0.2) is 42.9 Å². The van der Waals surface area contributed by atoms with Crippen molar-refractivity contribution in [3.63, 3.8) is 0 Å². The molecule has 0 radical (unpaired) electrons. The van der Waals surface area contributed by atoms with E-state index in [9.17, 15) is 13.2 Å². The predicted molar refractivity (Wildman–Crippen MR) is 88.9 cm³/mol. The van der Waals surface area contributed by atoms with Crippen LogP contribution in [0.4, 0.5) is 0 Å². The normalized spacial score (nSPS) is 19.3. The van der Waals surface area contributed by atoms with E-state index in [4.69, 9.17) is 8.94 Å². The monoisotopic (exact) mass is 365 g/mol. The van der Waals surface area contributed by atoms with Gasteiger partial charge in [0, 0.05) is 25.2 Å². The quantitative estimate of drug-likeness (QED) is 0.810. The van der Waals surface area contributed by atoms with Crippen molar-refractivity contribution >= 4 is 15.9 Å². The van der Waals surface area contributed by atoms with Gasteiger partial charge in [-0.25, -0.2) is 8.42 Å². The van der Waals surface area contributed by atoms with Gasteiger partial charge in [-0.3, -0.25) is 4.79 Å². The first-order valence-electron chi connectivity index (χ1n) is 7.94. The zero-order valence-corrected chi connectivity index (χ0v) is 14.4. The fourth-order valence-corrected chi connectivity index (χ4v) is 4.18. The lowest BCUT2D eigenvalue weighted by Crippen LogP contribution is -2.36. The summed E-state index contributed by atoms with van der Waals surface area (Å²) >= 11 is 0. The van der Waals surface area contributed by atoms with Gasteiger partial charge < -0.3 is 14.3 Å². The fraction of sp³-hybridized carbons (Fsp3) is 0.375. The molecule has 8 nitrogen and oxygen atoms in total. The van der Waals surface area contributed by atoms with Crippen LogP contribution < -0.4 is 5.32 Å². The van der Waals surface area contributed by atoms with E-state index in [-0.39, 0.29) is 17.0 Å². The molecule has 1 aliphatic heterocycles. The molecule has 1 atom stereocenters. The maximum absolute atomic E-state index is 12.8. The molecule has 0 aliphatic carbocycles. The summed E-state index contributed by atoms with van der Waals surface area (Å²) in [5.74, 6) is 0.426. The van der Waals surface area contributed by atoms with Gasteiger partial charge in [0.1, 0.15) is 0 Å². The summed E-state index contributed by atoms with van der Waals surface area (Å²) in [4.78, 5) is 11.4. The second kappa shape index (κ2) is 7.24. The highest BCUT2D eigenvalue weighted by molar-refractivity contribution is 7.89. The molecule has 1 fully saturated rings. The van der Waals surface area contributed by atoms with Gasteiger partial charge in [0.2, 0.25) is 16.8 Å². The molecule has 0 aromatic carbocycles. The molecule has 1 saturated heterocycles. The molecule has 9 heteroatoms. The van der Waals surface area contributed by atoms with Crippen LogP contribution in [0, 0.1) is 0 Å². The highest BCUT2D eigenvalue weighted by Gasteiger charge is 2.30. The number of rotatable bonds is 5. The maximum Gasteiger partial charge on any atom is 0.276 e. The average Bonchev–Trinajstić information content (AvgIpc) is 3.23. The smallest absolute Gasteiger partial charge is 0.276 e. The largest absolute Gasteiger partial charge is 0.440 e. The van der Waals surface area contributed by atoms with Crippen molar-refractivity contribution < 1.29 is 22.2 Å². The highest BCUT2D eigenvalue weighted by Crippen LogP contribution is 2.27. The van der Waals surface area contributed by atoms with Crippen LogP contribution in [0.15, 0.2) is 51.1 Å². The van der Waals surface area contributed by atoms with E-state index < -0.39 is 10.0 Å². The van der Waals surface area contributed by atoms with Crippen molar-refractivity contribution in [1.29, 1.82) is 0 Å². The lowest BCUT2D eigenvalue weighted by molar-refractivity contribution is -0.117. The first kappa shape index (κ1) is 17.4. The number of amides is 1. The SMILES string of the molecule is C=CC(=O)NC1CCCN(S(=O)(=O)c2ccc(-c3ccno3)o2)CC1. The average molecular weight is 365 g/mol. The van der Waals surface area contributed by atoms with Crippen molar-refractivity contribution in [2.24, 2.45) is 0 Å². The van der Waals surface area contributed by atoms with Gasteiger partial charge in [-0.2, -0.15) is 4.31 Å². The summed E-state index contributed by atoms with van der Waals surface area (Å²) < 4.78 is 37.4. The molecule has 2 aromatic rings. The number of furan rings is 1. The molecule has 0 spiro atoms. The number of carbonyl (C=O) groups is 1. The van der Waals surface area contributed by atoms with Crippen molar-refractivity contribution in [2.75, 3.05) is 13.1 Å². The molecule has 1 amide bonds. The summed E-state index contributed by atoms with van der Waals surface area (Å²) in [6, 6.07) is 4.48. The van der Waals surface area contributed by atoms with E-state index in [1.165, 1.54) is 22.6 Å². The first-order valence-corrected chi connectivity index (χ1v) is 9.38. The Morgan fingerprint density at radius 1 is 1.28 bits per heavy atom. The number of aromatic nitrogens is 1. The third-order valence-electron chi connectivity index (χ3n) is 4.08. The molecule has 0 saturated carbocycles. The van der Waals surface area contributed by atoms with E-state index >= 15 is 0 Å². The van der Waals surface area contributed by atoms with Gasteiger partial charge in [-0.05, 0) is 37.5 Å². The van der Waals surface area contributed by atoms with Crippen LogP contribution in [0.2, 0.25) is 0 Å². The molecule has 2 aromatic heterocycles. The van der Waals surface area contributed by atoms with Crippen LogP contribution in [0.3, 0.4) is 0 Å². The molecule has 1 N–H and O–H groups in total. The molecule has 3 heterocycles. The minimum atomic E-state index is -3.74. The standard InChI is InChI=1S/C16H19N3O5S/c1-2-15(20)18-12-4-3-10-19(11-8-12)25(21,22)16-6-5-13(23-16)14-7-9-17-24-14/h2,5-7,9,12H,1,3-4,8,10-11H2,(H,18,20).